The van der Waals surface area contributed by atoms with Crippen molar-refractivity contribution in [3.05, 3.63) is 29.6 Å². The van der Waals surface area contributed by atoms with Crippen LogP contribution in [-0.2, 0) is 0 Å². The Labute approximate surface area is 111 Å². The lowest BCUT2D eigenvalue weighted by Crippen LogP contribution is -2.01. The van der Waals surface area contributed by atoms with Gasteiger partial charge < -0.3 is 5.11 Å². The molecule has 0 saturated carbocycles. The fourth-order valence-corrected chi connectivity index (χ4v) is 2.30. The van der Waals surface area contributed by atoms with Gasteiger partial charge in [0.1, 0.15) is 0 Å². The van der Waals surface area contributed by atoms with Crippen LogP contribution in [0.25, 0.3) is 0 Å². The Morgan fingerprint density at radius 1 is 1.11 bits per heavy atom. The van der Waals surface area contributed by atoms with Crippen LogP contribution in [0.4, 0.5) is 0 Å². The standard InChI is InChI=1S/C16H27NO/c1-3-4-5-6-7-8-9-12-16(18)15-11-10-13-17-14(15)2/h10-11,13,16,18H,3-9,12H2,1-2H3. The topological polar surface area (TPSA) is 33.1 Å². The zero-order valence-electron chi connectivity index (χ0n) is 11.9. The summed E-state index contributed by atoms with van der Waals surface area (Å²) in [5.41, 5.74) is 1.94. The van der Waals surface area contributed by atoms with E-state index in [1.54, 1.807) is 6.20 Å². The number of rotatable bonds is 9. The molecule has 0 aromatic carbocycles. The summed E-state index contributed by atoms with van der Waals surface area (Å²) in [5, 5.41) is 10.1. The number of aliphatic hydroxyl groups excluding tert-OH is 1. The van der Waals surface area contributed by atoms with Gasteiger partial charge in [-0.1, -0.05) is 57.9 Å². The summed E-state index contributed by atoms with van der Waals surface area (Å²) in [4.78, 5) is 4.22. The highest BCUT2D eigenvalue weighted by atomic mass is 16.3. The predicted molar refractivity (Wildman–Crippen MR) is 76.5 cm³/mol. The van der Waals surface area contributed by atoms with E-state index < -0.39 is 0 Å². The van der Waals surface area contributed by atoms with E-state index >= 15 is 0 Å². The van der Waals surface area contributed by atoms with Crippen LogP contribution < -0.4 is 0 Å². The molecule has 102 valence electrons. The number of nitrogens with zero attached hydrogens (tertiary/aromatic N) is 1. The van der Waals surface area contributed by atoms with Crippen LogP contribution in [-0.4, -0.2) is 10.1 Å². The molecule has 0 aliphatic rings. The van der Waals surface area contributed by atoms with Gasteiger partial charge in [0.25, 0.3) is 0 Å². The highest BCUT2D eigenvalue weighted by Gasteiger charge is 2.09. The average molecular weight is 249 g/mol. The lowest BCUT2D eigenvalue weighted by Gasteiger charge is -2.12. The van der Waals surface area contributed by atoms with E-state index in [1.807, 2.05) is 19.1 Å². The van der Waals surface area contributed by atoms with Crippen molar-refractivity contribution in [2.45, 2.75) is 71.3 Å². The maximum absolute atomic E-state index is 10.1. The molecule has 1 heterocycles. The van der Waals surface area contributed by atoms with Crippen LogP contribution in [0.1, 0.15) is 75.7 Å². The fraction of sp³-hybridized carbons (Fsp3) is 0.688. The number of aryl methyl sites for hydroxylation is 1. The zero-order chi connectivity index (χ0) is 13.2. The highest BCUT2D eigenvalue weighted by molar-refractivity contribution is 5.20. The van der Waals surface area contributed by atoms with Crippen LogP contribution >= 0.6 is 0 Å². The number of pyridine rings is 1. The summed E-state index contributed by atoms with van der Waals surface area (Å²) >= 11 is 0. The summed E-state index contributed by atoms with van der Waals surface area (Å²) in [6.07, 6.45) is 11.3. The van der Waals surface area contributed by atoms with Gasteiger partial charge in [0.05, 0.1) is 6.10 Å². The van der Waals surface area contributed by atoms with E-state index in [2.05, 4.69) is 11.9 Å². The first-order valence-corrected chi connectivity index (χ1v) is 7.35. The van der Waals surface area contributed by atoms with E-state index in [0.717, 1.165) is 24.1 Å². The van der Waals surface area contributed by atoms with Crippen LogP contribution in [0.15, 0.2) is 18.3 Å². The van der Waals surface area contributed by atoms with Crippen LogP contribution in [0, 0.1) is 6.92 Å². The lowest BCUT2D eigenvalue weighted by atomic mass is 10.0. The molecule has 0 fully saturated rings. The van der Waals surface area contributed by atoms with Gasteiger partial charge in [-0.3, -0.25) is 4.98 Å². The molecule has 0 radical (unpaired) electrons. The molecule has 2 heteroatoms. The Kier molecular flexibility index (Phi) is 7.66. The number of unbranched alkanes of at least 4 members (excludes halogenated alkanes) is 6. The zero-order valence-corrected chi connectivity index (χ0v) is 11.9. The SMILES string of the molecule is CCCCCCCCCC(O)c1cccnc1C. The molecule has 1 aromatic heterocycles. The van der Waals surface area contributed by atoms with Crippen LogP contribution in [0.2, 0.25) is 0 Å². The Morgan fingerprint density at radius 2 is 1.78 bits per heavy atom. The summed E-state index contributed by atoms with van der Waals surface area (Å²) in [6, 6.07) is 3.88. The molecule has 0 spiro atoms. The van der Waals surface area contributed by atoms with Crippen molar-refractivity contribution < 1.29 is 5.11 Å². The number of aliphatic hydroxyl groups is 1. The van der Waals surface area contributed by atoms with Gasteiger partial charge in [-0.05, 0) is 19.4 Å². The van der Waals surface area contributed by atoms with E-state index in [0.29, 0.717) is 0 Å². The molecule has 0 amide bonds. The second-order valence-corrected chi connectivity index (χ2v) is 5.10. The van der Waals surface area contributed by atoms with Crippen molar-refractivity contribution in [3.63, 3.8) is 0 Å². The Morgan fingerprint density at radius 3 is 2.44 bits per heavy atom. The molecule has 1 atom stereocenters. The molecule has 1 N–H and O–H groups in total. The van der Waals surface area contributed by atoms with Gasteiger partial charge in [0, 0.05) is 17.5 Å². The molecule has 1 rings (SSSR count). The van der Waals surface area contributed by atoms with Crippen molar-refractivity contribution >= 4 is 0 Å². The Balaban J connectivity index is 2.14. The van der Waals surface area contributed by atoms with Crippen LogP contribution in [0.5, 0.6) is 0 Å². The molecule has 2 nitrogen and oxygen atoms in total. The van der Waals surface area contributed by atoms with Gasteiger partial charge in [0.2, 0.25) is 0 Å². The number of aromatic nitrogens is 1. The molecule has 0 bridgehead atoms. The number of hydrogen-bond donors (Lipinski definition) is 1. The monoisotopic (exact) mass is 249 g/mol. The summed E-state index contributed by atoms with van der Waals surface area (Å²) in [6.45, 7) is 4.20. The molecule has 0 aliphatic heterocycles. The molecule has 1 aromatic rings. The van der Waals surface area contributed by atoms with Gasteiger partial charge in [0.15, 0.2) is 0 Å². The van der Waals surface area contributed by atoms with Gasteiger partial charge in [-0.25, -0.2) is 0 Å². The molecule has 1 unspecified atom stereocenters. The minimum atomic E-state index is -0.339. The van der Waals surface area contributed by atoms with Crippen molar-refractivity contribution in [1.82, 2.24) is 4.98 Å². The first-order chi connectivity index (χ1) is 8.75. The van der Waals surface area contributed by atoms with E-state index in [1.165, 1.54) is 38.5 Å². The summed E-state index contributed by atoms with van der Waals surface area (Å²) in [5.74, 6) is 0. The van der Waals surface area contributed by atoms with Crippen LogP contribution in [0.3, 0.4) is 0 Å². The quantitative estimate of drug-likeness (QED) is 0.651. The fourth-order valence-electron chi connectivity index (χ4n) is 2.30. The van der Waals surface area contributed by atoms with Crippen molar-refractivity contribution in [3.8, 4) is 0 Å². The highest BCUT2D eigenvalue weighted by Crippen LogP contribution is 2.21. The van der Waals surface area contributed by atoms with Crippen molar-refractivity contribution in [2.24, 2.45) is 0 Å². The Bertz CT molecular complexity index is 325. The molecule has 0 aliphatic carbocycles. The first kappa shape index (κ1) is 15.2. The maximum atomic E-state index is 10.1. The van der Waals surface area contributed by atoms with E-state index in [9.17, 15) is 5.11 Å². The summed E-state index contributed by atoms with van der Waals surface area (Å²) < 4.78 is 0. The third-order valence-electron chi connectivity index (χ3n) is 3.49. The van der Waals surface area contributed by atoms with Crippen molar-refractivity contribution in [2.75, 3.05) is 0 Å². The van der Waals surface area contributed by atoms with Gasteiger partial charge in [-0.2, -0.15) is 0 Å². The minimum Gasteiger partial charge on any atom is -0.388 e. The lowest BCUT2D eigenvalue weighted by molar-refractivity contribution is 0.162. The summed E-state index contributed by atoms with van der Waals surface area (Å²) in [7, 11) is 0. The second kappa shape index (κ2) is 9.09. The first-order valence-electron chi connectivity index (χ1n) is 7.35. The van der Waals surface area contributed by atoms with E-state index in [-0.39, 0.29) is 6.10 Å². The number of hydrogen-bond acceptors (Lipinski definition) is 2. The van der Waals surface area contributed by atoms with E-state index in [4.69, 9.17) is 0 Å². The molecule has 0 saturated heterocycles. The minimum absolute atomic E-state index is 0.339. The predicted octanol–water partition coefficient (Wildman–Crippen LogP) is 4.56. The van der Waals surface area contributed by atoms with Crippen molar-refractivity contribution in [1.29, 1.82) is 0 Å². The second-order valence-electron chi connectivity index (χ2n) is 5.10. The van der Waals surface area contributed by atoms with Gasteiger partial charge in [-0.15, -0.1) is 0 Å². The normalized spacial score (nSPS) is 12.6. The maximum Gasteiger partial charge on any atom is 0.0807 e. The Hall–Kier alpha value is -0.890. The third-order valence-corrected chi connectivity index (χ3v) is 3.49. The molecular weight excluding hydrogens is 222 g/mol. The van der Waals surface area contributed by atoms with Gasteiger partial charge >= 0.3 is 0 Å². The molecular formula is C16H27NO. The average Bonchev–Trinajstić information content (AvgIpc) is 2.38. The molecule has 18 heavy (non-hydrogen) atoms. The smallest absolute Gasteiger partial charge is 0.0807 e. The third kappa shape index (κ3) is 5.63. The largest absolute Gasteiger partial charge is 0.388 e.